The molecule has 1 heteroatoms. The lowest BCUT2D eigenvalue weighted by atomic mass is 10.2. The molecule has 0 rings (SSSR count). The molecular weight excluding hydrogens is 172 g/mol. The zero-order valence-electron chi connectivity index (χ0n) is 9.46. The van der Waals surface area contributed by atoms with E-state index in [0.29, 0.717) is 0 Å². The number of allylic oxidation sites excluding steroid dienone is 4. The average Bonchev–Trinajstić information content (AvgIpc) is 2.19. The van der Waals surface area contributed by atoms with Crippen molar-refractivity contribution in [1.29, 1.82) is 0 Å². The van der Waals surface area contributed by atoms with Crippen LogP contribution in [0.2, 0.25) is 0 Å². The Balaban J connectivity index is 3.53. The van der Waals surface area contributed by atoms with Gasteiger partial charge in [0.15, 0.2) is 5.78 Å². The summed E-state index contributed by atoms with van der Waals surface area (Å²) in [5, 5.41) is 0. The Morgan fingerprint density at radius 2 is 1.36 bits per heavy atom. The molecule has 0 aliphatic heterocycles. The monoisotopic (exact) mass is 194 g/mol. The maximum absolute atomic E-state index is 11.2. The van der Waals surface area contributed by atoms with E-state index in [1.807, 2.05) is 12.2 Å². The van der Waals surface area contributed by atoms with Crippen molar-refractivity contribution in [3.05, 3.63) is 24.3 Å². The molecule has 0 bridgehead atoms. The maximum Gasteiger partial charge on any atom is 0.177 e. The Hall–Kier alpha value is -0.850. The summed E-state index contributed by atoms with van der Waals surface area (Å²) in [4.78, 5) is 11.2. The zero-order valence-corrected chi connectivity index (χ0v) is 9.46. The normalized spacial score (nSPS) is 11.6. The van der Waals surface area contributed by atoms with Crippen LogP contribution in [0.15, 0.2) is 24.3 Å². The fourth-order valence-corrected chi connectivity index (χ4v) is 1.10. The van der Waals surface area contributed by atoms with Crippen LogP contribution in [0, 0.1) is 0 Å². The predicted octanol–water partition coefficient (Wildman–Crippen LogP) is 4.05. The van der Waals surface area contributed by atoms with Crippen molar-refractivity contribution in [1.82, 2.24) is 0 Å². The maximum atomic E-state index is 11.2. The van der Waals surface area contributed by atoms with E-state index >= 15 is 0 Å². The minimum absolute atomic E-state index is 0.122. The molecule has 0 radical (unpaired) electrons. The van der Waals surface area contributed by atoms with Crippen LogP contribution in [-0.2, 0) is 4.79 Å². The van der Waals surface area contributed by atoms with Gasteiger partial charge in [-0.05, 0) is 25.0 Å². The molecule has 0 aromatic rings. The molecule has 0 atom stereocenters. The summed E-state index contributed by atoms with van der Waals surface area (Å²) in [5.41, 5.74) is 0. The van der Waals surface area contributed by atoms with Gasteiger partial charge in [0.05, 0.1) is 0 Å². The molecule has 0 fully saturated rings. The second-order valence-electron chi connectivity index (χ2n) is 3.49. The quantitative estimate of drug-likeness (QED) is 0.421. The van der Waals surface area contributed by atoms with E-state index in [0.717, 1.165) is 12.8 Å². The first kappa shape index (κ1) is 13.2. The minimum Gasteiger partial charge on any atom is -0.290 e. The van der Waals surface area contributed by atoms with E-state index in [2.05, 4.69) is 13.8 Å². The number of carbonyl (C=O) groups is 1. The lowest BCUT2D eigenvalue weighted by Gasteiger charge is -1.88. The topological polar surface area (TPSA) is 17.1 Å². The van der Waals surface area contributed by atoms with Gasteiger partial charge in [0.25, 0.3) is 0 Å². The molecule has 0 saturated heterocycles. The second kappa shape index (κ2) is 10.2. The van der Waals surface area contributed by atoms with Gasteiger partial charge in [-0.25, -0.2) is 0 Å². The van der Waals surface area contributed by atoms with Crippen LogP contribution in [0.3, 0.4) is 0 Å². The van der Waals surface area contributed by atoms with Crippen molar-refractivity contribution in [2.45, 2.75) is 52.4 Å². The minimum atomic E-state index is 0.122. The van der Waals surface area contributed by atoms with Gasteiger partial charge in [-0.2, -0.15) is 0 Å². The molecule has 0 spiro atoms. The number of ketones is 1. The molecule has 14 heavy (non-hydrogen) atoms. The van der Waals surface area contributed by atoms with Crippen LogP contribution in [0.25, 0.3) is 0 Å². The van der Waals surface area contributed by atoms with Crippen LogP contribution >= 0.6 is 0 Å². The van der Waals surface area contributed by atoms with E-state index in [9.17, 15) is 4.79 Å². The summed E-state index contributed by atoms with van der Waals surface area (Å²) in [6, 6.07) is 0. The first-order valence-electron chi connectivity index (χ1n) is 5.68. The SMILES string of the molecule is CCCC/C=C/C(=O)/C=C/CCCC. The van der Waals surface area contributed by atoms with Crippen LogP contribution < -0.4 is 0 Å². The van der Waals surface area contributed by atoms with E-state index in [1.54, 1.807) is 12.2 Å². The van der Waals surface area contributed by atoms with Crippen molar-refractivity contribution in [2.24, 2.45) is 0 Å². The van der Waals surface area contributed by atoms with Gasteiger partial charge >= 0.3 is 0 Å². The van der Waals surface area contributed by atoms with Crippen molar-refractivity contribution in [3.8, 4) is 0 Å². The Morgan fingerprint density at radius 1 is 0.929 bits per heavy atom. The molecule has 0 aliphatic carbocycles. The first-order valence-corrected chi connectivity index (χ1v) is 5.68. The average molecular weight is 194 g/mol. The molecule has 0 saturated carbocycles. The number of rotatable bonds is 8. The second-order valence-corrected chi connectivity index (χ2v) is 3.49. The number of hydrogen-bond acceptors (Lipinski definition) is 1. The summed E-state index contributed by atoms with van der Waals surface area (Å²) < 4.78 is 0. The van der Waals surface area contributed by atoms with Gasteiger partial charge in [-0.1, -0.05) is 51.7 Å². The fraction of sp³-hybridized carbons (Fsp3) is 0.615. The Kier molecular flexibility index (Phi) is 9.61. The van der Waals surface area contributed by atoms with Gasteiger partial charge < -0.3 is 0 Å². The van der Waals surface area contributed by atoms with Gasteiger partial charge in [-0.3, -0.25) is 4.79 Å². The summed E-state index contributed by atoms with van der Waals surface area (Å²) in [7, 11) is 0. The van der Waals surface area contributed by atoms with E-state index < -0.39 is 0 Å². The smallest absolute Gasteiger partial charge is 0.177 e. The number of unbranched alkanes of at least 4 members (excludes halogenated alkanes) is 4. The van der Waals surface area contributed by atoms with Crippen LogP contribution in [-0.4, -0.2) is 5.78 Å². The van der Waals surface area contributed by atoms with Crippen LogP contribution in [0.5, 0.6) is 0 Å². The highest BCUT2D eigenvalue weighted by atomic mass is 16.1. The largest absolute Gasteiger partial charge is 0.290 e. The van der Waals surface area contributed by atoms with Crippen molar-refractivity contribution in [3.63, 3.8) is 0 Å². The van der Waals surface area contributed by atoms with Gasteiger partial charge in [0.2, 0.25) is 0 Å². The Morgan fingerprint density at radius 3 is 1.71 bits per heavy atom. The van der Waals surface area contributed by atoms with Gasteiger partial charge in [-0.15, -0.1) is 0 Å². The lowest BCUT2D eigenvalue weighted by molar-refractivity contribution is -0.110. The van der Waals surface area contributed by atoms with Crippen molar-refractivity contribution >= 4 is 5.78 Å². The van der Waals surface area contributed by atoms with Crippen molar-refractivity contribution < 1.29 is 4.79 Å². The molecule has 0 aromatic heterocycles. The van der Waals surface area contributed by atoms with E-state index in [-0.39, 0.29) is 5.78 Å². The summed E-state index contributed by atoms with van der Waals surface area (Å²) in [6.45, 7) is 4.31. The third kappa shape index (κ3) is 9.24. The third-order valence-electron chi connectivity index (χ3n) is 2.01. The number of hydrogen-bond donors (Lipinski definition) is 0. The highest BCUT2D eigenvalue weighted by molar-refractivity contribution is 5.99. The fourth-order valence-electron chi connectivity index (χ4n) is 1.10. The van der Waals surface area contributed by atoms with Gasteiger partial charge in [0, 0.05) is 0 Å². The molecule has 0 aliphatic rings. The molecule has 1 nitrogen and oxygen atoms in total. The third-order valence-corrected chi connectivity index (χ3v) is 2.01. The predicted molar refractivity (Wildman–Crippen MR) is 62.3 cm³/mol. The zero-order chi connectivity index (χ0) is 10.6. The molecule has 80 valence electrons. The highest BCUT2D eigenvalue weighted by Crippen LogP contribution is 1.97. The summed E-state index contributed by atoms with van der Waals surface area (Å²) in [6.07, 6.45) is 14.0. The Labute approximate surface area is 87.9 Å². The van der Waals surface area contributed by atoms with Gasteiger partial charge in [0.1, 0.15) is 0 Å². The molecule has 0 N–H and O–H groups in total. The highest BCUT2D eigenvalue weighted by Gasteiger charge is 1.87. The van der Waals surface area contributed by atoms with E-state index in [4.69, 9.17) is 0 Å². The lowest BCUT2D eigenvalue weighted by Crippen LogP contribution is -1.84. The molecular formula is C13H22O. The number of carbonyl (C=O) groups excluding carboxylic acids is 1. The summed E-state index contributed by atoms with van der Waals surface area (Å²) in [5.74, 6) is 0.122. The summed E-state index contributed by atoms with van der Waals surface area (Å²) >= 11 is 0. The van der Waals surface area contributed by atoms with Crippen LogP contribution in [0.4, 0.5) is 0 Å². The van der Waals surface area contributed by atoms with E-state index in [1.165, 1.54) is 25.7 Å². The molecule has 0 amide bonds. The van der Waals surface area contributed by atoms with Crippen molar-refractivity contribution in [2.75, 3.05) is 0 Å². The Bertz CT molecular complexity index is 169. The molecule has 0 unspecified atom stereocenters. The molecule has 0 heterocycles. The first-order chi connectivity index (χ1) is 6.81. The molecule has 0 aromatic carbocycles. The van der Waals surface area contributed by atoms with Crippen LogP contribution in [0.1, 0.15) is 52.4 Å². The standard InChI is InChI=1S/C13H22O/c1-3-5-7-9-11-13(14)12-10-8-6-4-2/h9-12H,3-8H2,1-2H3/b11-9+,12-10+.